The molecule has 2 aliphatic rings. The number of carboxylic acid groups (broad SMARTS) is 1. The minimum absolute atomic E-state index is 0.0319. The van der Waals surface area contributed by atoms with Gasteiger partial charge in [0.15, 0.2) is 0 Å². The van der Waals surface area contributed by atoms with Crippen molar-refractivity contribution in [1.29, 1.82) is 0 Å². The molecular formula is C39H63N5O8. The highest BCUT2D eigenvalue weighted by molar-refractivity contribution is 6.02. The zero-order chi connectivity index (χ0) is 38.7. The summed E-state index contributed by atoms with van der Waals surface area (Å²) in [5, 5.41) is 18.5. The Morgan fingerprint density at radius 2 is 1.71 bits per heavy atom. The van der Waals surface area contributed by atoms with Gasteiger partial charge in [-0.15, -0.1) is 0 Å². The summed E-state index contributed by atoms with van der Waals surface area (Å²) in [4.78, 5) is 70.4. The van der Waals surface area contributed by atoms with Crippen LogP contribution >= 0.6 is 0 Å². The van der Waals surface area contributed by atoms with E-state index >= 15 is 0 Å². The highest BCUT2D eigenvalue weighted by Crippen LogP contribution is 2.30. The number of hydrogen-bond acceptors (Lipinski definition) is 9. The highest BCUT2D eigenvalue weighted by Gasteiger charge is 2.44. The molecular weight excluding hydrogens is 666 g/mol. The van der Waals surface area contributed by atoms with Gasteiger partial charge in [-0.05, 0) is 63.6 Å². The summed E-state index contributed by atoms with van der Waals surface area (Å²) in [5.74, 6) is -3.32. The van der Waals surface area contributed by atoms with Gasteiger partial charge < -0.3 is 30.1 Å². The monoisotopic (exact) mass is 729 g/mol. The Labute approximate surface area is 309 Å². The number of carbonyl (C=O) groups is 5. The lowest BCUT2D eigenvalue weighted by atomic mass is 9.87. The van der Waals surface area contributed by atoms with E-state index in [9.17, 15) is 29.1 Å². The summed E-state index contributed by atoms with van der Waals surface area (Å²) in [5.41, 5.74) is -0.00449. The molecule has 9 atom stereocenters. The minimum atomic E-state index is -1.13. The van der Waals surface area contributed by atoms with Gasteiger partial charge in [-0.1, -0.05) is 71.4 Å². The van der Waals surface area contributed by atoms with Crippen molar-refractivity contribution in [2.45, 2.75) is 128 Å². The standard InChI is InChI=1S/C39H63N5O8/c1-10-25(4)33(43(7)32(24(2)3)36(47)42-38(50)39(6)19-15-20-40-39)30(51-8)23-31(45)44-21-14-18-29(44)34(52-9)26(5)35(46)41-28(37(48)49)22-27-16-12-11-13-17-27/h11-13,16-17,24-26,28-30,32-34,40H,10,14-15,18-23H2,1-9H3,(H,41,46)(H,48,49)(H,42,47,50)/t25-,26-,28-,29?,30+,32-,33-,34+,39-/m0/s1. The number of rotatable bonds is 19. The van der Waals surface area contributed by atoms with Crippen molar-refractivity contribution >= 4 is 29.6 Å². The number of likely N-dealkylation sites (tertiary alicyclic amines) is 1. The maximum Gasteiger partial charge on any atom is 0.326 e. The van der Waals surface area contributed by atoms with Crippen molar-refractivity contribution in [3.05, 3.63) is 35.9 Å². The van der Waals surface area contributed by atoms with Gasteiger partial charge in [0.05, 0.1) is 42.2 Å². The van der Waals surface area contributed by atoms with Crippen molar-refractivity contribution < 1.29 is 38.6 Å². The molecule has 1 unspecified atom stereocenters. The zero-order valence-electron chi connectivity index (χ0n) is 32.6. The van der Waals surface area contributed by atoms with E-state index in [1.165, 1.54) is 7.11 Å². The van der Waals surface area contributed by atoms with Gasteiger partial charge in [0.25, 0.3) is 0 Å². The van der Waals surface area contributed by atoms with Crippen LogP contribution in [0.4, 0.5) is 0 Å². The number of imide groups is 1. The van der Waals surface area contributed by atoms with E-state index in [1.54, 1.807) is 18.9 Å². The van der Waals surface area contributed by atoms with Gasteiger partial charge in [0, 0.05) is 33.2 Å². The zero-order valence-corrected chi connectivity index (χ0v) is 32.6. The highest BCUT2D eigenvalue weighted by atomic mass is 16.5. The molecule has 1 aromatic rings. The number of benzene rings is 1. The molecule has 2 saturated heterocycles. The average Bonchev–Trinajstić information content (AvgIpc) is 3.78. The quantitative estimate of drug-likeness (QED) is 0.166. The normalized spacial score (nSPS) is 23.1. The van der Waals surface area contributed by atoms with Gasteiger partial charge in [-0.2, -0.15) is 0 Å². The third-order valence-electron chi connectivity index (χ3n) is 11.3. The molecule has 52 heavy (non-hydrogen) atoms. The third-order valence-corrected chi connectivity index (χ3v) is 11.3. The first-order valence-corrected chi connectivity index (χ1v) is 18.8. The summed E-state index contributed by atoms with van der Waals surface area (Å²) in [6.45, 7) is 12.7. The molecule has 0 bridgehead atoms. The van der Waals surface area contributed by atoms with Gasteiger partial charge in [-0.3, -0.25) is 29.4 Å². The van der Waals surface area contributed by atoms with Gasteiger partial charge in [-0.25, -0.2) is 4.79 Å². The molecule has 1 aromatic carbocycles. The summed E-state index contributed by atoms with van der Waals surface area (Å²) in [6.07, 6.45) is 2.55. The van der Waals surface area contributed by atoms with E-state index in [0.717, 1.165) is 31.4 Å². The van der Waals surface area contributed by atoms with E-state index in [4.69, 9.17) is 9.47 Å². The first-order valence-electron chi connectivity index (χ1n) is 18.8. The van der Waals surface area contributed by atoms with Crippen LogP contribution in [0.5, 0.6) is 0 Å². The molecule has 3 rings (SSSR count). The predicted octanol–water partition coefficient (Wildman–Crippen LogP) is 3.00. The van der Waals surface area contributed by atoms with E-state index in [-0.39, 0.29) is 48.4 Å². The maximum atomic E-state index is 14.2. The average molecular weight is 730 g/mol. The van der Waals surface area contributed by atoms with Crippen molar-refractivity contribution in [2.75, 3.05) is 34.4 Å². The summed E-state index contributed by atoms with van der Waals surface area (Å²) in [6, 6.07) is 6.59. The van der Waals surface area contributed by atoms with Crippen LogP contribution < -0.4 is 16.0 Å². The first kappa shape index (κ1) is 43.0. The third kappa shape index (κ3) is 10.6. The summed E-state index contributed by atoms with van der Waals surface area (Å²) in [7, 11) is 4.94. The Morgan fingerprint density at radius 1 is 1.04 bits per heavy atom. The number of carbonyl (C=O) groups excluding carboxylic acids is 4. The largest absolute Gasteiger partial charge is 0.480 e. The number of nitrogens with zero attached hydrogens (tertiary/aromatic N) is 2. The Hall–Kier alpha value is -3.39. The van der Waals surface area contributed by atoms with Crippen molar-refractivity contribution in [3.8, 4) is 0 Å². The Balaban J connectivity index is 1.77. The minimum Gasteiger partial charge on any atom is -0.480 e. The molecule has 2 heterocycles. The second kappa shape index (κ2) is 19.6. The molecule has 292 valence electrons. The Bertz CT molecular complexity index is 1350. The summed E-state index contributed by atoms with van der Waals surface area (Å²) >= 11 is 0. The van der Waals surface area contributed by atoms with Crippen LogP contribution in [-0.4, -0.2) is 121 Å². The molecule has 0 radical (unpaired) electrons. The Morgan fingerprint density at radius 3 is 2.25 bits per heavy atom. The lowest BCUT2D eigenvalue weighted by Crippen LogP contribution is -2.61. The van der Waals surface area contributed by atoms with Crippen LogP contribution in [-0.2, 0) is 39.9 Å². The molecule has 4 N–H and O–H groups in total. The van der Waals surface area contributed by atoms with Crippen LogP contribution in [0.2, 0.25) is 0 Å². The number of aliphatic carboxylic acids is 1. The summed E-state index contributed by atoms with van der Waals surface area (Å²) < 4.78 is 11.9. The molecule has 13 heteroatoms. The molecule has 2 aliphatic heterocycles. The van der Waals surface area contributed by atoms with Crippen molar-refractivity contribution in [2.24, 2.45) is 17.8 Å². The van der Waals surface area contributed by atoms with Crippen LogP contribution in [0.25, 0.3) is 0 Å². The molecule has 0 aromatic heterocycles. The first-order chi connectivity index (χ1) is 24.6. The fourth-order valence-electron chi connectivity index (χ4n) is 8.10. The number of nitrogens with one attached hydrogen (secondary N) is 3. The smallest absolute Gasteiger partial charge is 0.326 e. The maximum absolute atomic E-state index is 14.2. The Kier molecular flexibility index (Phi) is 16.2. The van der Waals surface area contributed by atoms with Crippen molar-refractivity contribution in [3.63, 3.8) is 0 Å². The lowest BCUT2D eigenvalue weighted by Gasteiger charge is -2.43. The molecule has 13 nitrogen and oxygen atoms in total. The number of likely N-dealkylation sites (N-methyl/N-ethyl adjacent to an activating group) is 1. The van der Waals surface area contributed by atoms with Gasteiger partial charge in [0.1, 0.15) is 6.04 Å². The molecule has 0 aliphatic carbocycles. The topological polar surface area (TPSA) is 167 Å². The fraction of sp³-hybridized carbons (Fsp3) is 0.718. The molecule has 0 spiro atoms. The number of carboxylic acids is 1. The van der Waals surface area contributed by atoms with Gasteiger partial charge in [0.2, 0.25) is 23.6 Å². The van der Waals surface area contributed by atoms with E-state index < -0.39 is 53.7 Å². The van der Waals surface area contributed by atoms with E-state index in [2.05, 4.69) is 29.8 Å². The number of hydrogen-bond donors (Lipinski definition) is 4. The number of methoxy groups -OCH3 is 2. The fourth-order valence-corrected chi connectivity index (χ4v) is 8.10. The second-order valence-corrected chi connectivity index (χ2v) is 15.3. The van der Waals surface area contributed by atoms with Crippen LogP contribution in [0.1, 0.15) is 85.6 Å². The molecule has 4 amide bonds. The van der Waals surface area contributed by atoms with Crippen LogP contribution in [0, 0.1) is 17.8 Å². The molecule has 0 saturated carbocycles. The van der Waals surface area contributed by atoms with Gasteiger partial charge >= 0.3 is 5.97 Å². The number of ether oxygens (including phenoxy) is 2. The van der Waals surface area contributed by atoms with Crippen LogP contribution in [0.15, 0.2) is 30.3 Å². The number of amides is 4. The predicted molar refractivity (Wildman–Crippen MR) is 198 cm³/mol. The SMILES string of the molecule is CC[C@H](C)[C@@H]([C@@H](CC(=O)N1CCCC1[C@H](OC)[C@H](C)C(=O)N[C@@H](Cc1ccccc1)C(=O)O)OC)N(C)[C@H](C(=O)NC(=O)[C@]1(C)CCCN1)C(C)C. The second-order valence-electron chi connectivity index (χ2n) is 15.3. The molecule has 2 fully saturated rings. The lowest BCUT2D eigenvalue weighted by molar-refractivity contribution is -0.146. The van der Waals surface area contributed by atoms with Crippen molar-refractivity contribution in [1.82, 2.24) is 25.8 Å². The van der Waals surface area contributed by atoms with E-state index in [1.807, 2.05) is 63.1 Å². The van der Waals surface area contributed by atoms with Crippen LogP contribution in [0.3, 0.4) is 0 Å². The van der Waals surface area contributed by atoms with E-state index in [0.29, 0.717) is 19.4 Å².